The van der Waals surface area contributed by atoms with Crippen LogP contribution in [0.15, 0.2) is 35.5 Å². The molecule has 4 rings (SSSR count). The minimum atomic E-state index is -0.306. The van der Waals surface area contributed by atoms with Gasteiger partial charge in [0.05, 0.1) is 5.92 Å². The quantitative estimate of drug-likeness (QED) is 0.491. The summed E-state index contributed by atoms with van der Waals surface area (Å²) in [6, 6.07) is 0. The SMILES string of the molecule is CC(C)C(=O)OCC(=O)[C@H]1[C@H](C)CC2C3CCC4=CC(=O)C=C[C@]4(C)C3=CC[C@@]21C. The maximum atomic E-state index is 13.2. The number of carbonyl (C=O) groups excluding carboxylic acids is 3. The number of fused-ring (bicyclic) bond motifs is 5. The molecule has 0 spiro atoms. The van der Waals surface area contributed by atoms with E-state index in [1.165, 1.54) is 11.1 Å². The first-order chi connectivity index (χ1) is 14.1. The molecule has 162 valence electrons. The number of rotatable bonds is 4. The van der Waals surface area contributed by atoms with Crippen LogP contribution >= 0.6 is 0 Å². The number of allylic oxidation sites excluding steroid dienone is 6. The fourth-order valence-electron chi connectivity index (χ4n) is 6.97. The molecule has 0 radical (unpaired) electrons. The van der Waals surface area contributed by atoms with Gasteiger partial charge in [-0.25, -0.2) is 0 Å². The van der Waals surface area contributed by atoms with Crippen molar-refractivity contribution in [1.82, 2.24) is 0 Å². The van der Waals surface area contributed by atoms with Crippen molar-refractivity contribution in [2.45, 2.75) is 60.3 Å². The molecule has 4 aliphatic carbocycles. The summed E-state index contributed by atoms with van der Waals surface area (Å²) >= 11 is 0. The van der Waals surface area contributed by atoms with Gasteiger partial charge in [0.15, 0.2) is 11.6 Å². The lowest BCUT2D eigenvalue weighted by molar-refractivity contribution is -0.153. The van der Waals surface area contributed by atoms with Crippen LogP contribution in [0.5, 0.6) is 0 Å². The average Bonchev–Trinajstić information content (AvgIpc) is 2.96. The van der Waals surface area contributed by atoms with E-state index >= 15 is 0 Å². The minimum absolute atomic E-state index is 0.0733. The highest BCUT2D eigenvalue weighted by molar-refractivity contribution is 6.01. The lowest BCUT2D eigenvalue weighted by Gasteiger charge is -2.52. The Hall–Kier alpha value is -1.97. The Morgan fingerprint density at radius 3 is 2.70 bits per heavy atom. The van der Waals surface area contributed by atoms with Crippen molar-refractivity contribution in [3.63, 3.8) is 0 Å². The van der Waals surface area contributed by atoms with Crippen molar-refractivity contribution in [2.75, 3.05) is 6.61 Å². The van der Waals surface area contributed by atoms with Gasteiger partial charge in [-0.1, -0.05) is 51.0 Å². The summed E-state index contributed by atoms with van der Waals surface area (Å²) in [5.74, 6) is 0.749. The van der Waals surface area contributed by atoms with E-state index in [-0.39, 0.29) is 52.7 Å². The molecule has 2 saturated carbocycles. The highest BCUT2D eigenvalue weighted by atomic mass is 16.5. The standard InChI is InChI=1S/C26H34O4/c1-15(2)24(29)30-14-22(28)23-16(3)12-21-19-7-6-17-13-18(27)8-10-25(17,4)20(19)9-11-26(21,23)5/h8-10,13,15-16,19,21,23H,6-7,11-12,14H2,1-5H3/t16-,19?,21?,23-,25+,26+/m1/s1. The van der Waals surface area contributed by atoms with Crippen LogP contribution in [0.4, 0.5) is 0 Å². The average molecular weight is 411 g/mol. The van der Waals surface area contributed by atoms with E-state index < -0.39 is 0 Å². The smallest absolute Gasteiger partial charge is 0.308 e. The molecule has 6 atom stereocenters. The van der Waals surface area contributed by atoms with Gasteiger partial charge in [-0.05, 0) is 67.9 Å². The topological polar surface area (TPSA) is 60.4 Å². The van der Waals surface area contributed by atoms with Crippen molar-refractivity contribution < 1.29 is 19.1 Å². The van der Waals surface area contributed by atoms with E-state index in [0.717, 1.165) is 25.7 Å². The Balaban J connectivity index is 1.60. The number of esters is 1. The van der Waals surface area contributed by atoms with Crippen LogP contribution in [-0.2, 0) is 19.1 Å². The summed E-state index contributed by atoms with van der Waals surface area (Å²) in [4.78, 5) is 37.0. The third kappa shape index (κ3) is 3.14. The lowest BCUT2D eigenvalue weighted by Crippen LogP contribution is -2.45. The van der Waals surface area contributed by atoms with E-state index in [4.69, 9.17) is 4.74 Å². The van der Waals surface area contributed by atoms with Gasteiger partial charge in [0, 0.05) is 11.3 Å². The number of carbonyl (C=O) groups is 3. The second kappa shape index (κ2) is 7.32. The maximum Gasteiger partial charge on any atom is 0.308 e. The molecule has 0 aromatic carbocycles. The molecule has 0 amide bonds. The van der Waals surface area contributed by atoms with Crippen LogP contribution in [-0.4, -0.2) is 24.1 Å². The molecule has 0 heterocycles. The zero-order valence-electron chi connectivity index (χ0n) is 18.9. The molecule has 0 N–H and O–H groups in total. The molecule has 0 aromatic heterocycles. The molecule has 0 bridgehead atoms. The summed E-state index contributed by atoms with van der Waals surface area (Å²) in [5, 5.41) is 0. The highest BCUT2D eigenvalue weighted by Crippen LogP contribution is 2.65. The Morgan fingerprint density at radius 2 is 2.00 bits per heavy atom. The fraction of sp³-hybridized carbons (Fsp3) is 0.654. The first kappa shape index (κ1) is 21.3. The summed E-state index contributed by atoms with van der Waals surface area (Å²) in [6.45, 7) is 10.2. The molecular formula is C26H34O4. The predicted octanol–water partition coefficient (Wildman–Crippen LogP) is 4.84. The normalized spacial score (nSPS) is 39.6. The predicted molar refractivity (Wildman–Crippen MR) is 115 cm³/mol. The first-order valence-electron chi connectivity index (χ1n) is 11.4. The van der Waals surface area contributed by atoms with Gasteiger partial charge in [0.1, 0.15) is 6.61 Å². The van der Waals surface area contributed by atoms with Gasteiger partial charge >= 0.3 is 5.97 Å². The minimum Gasteiger partial charge on any atom is -0.457 e. The first-order valence-corrected chi connectivity index (χ1v) is 11.4. The monoisotopic (exact) mass is 410 g/mol. The number of hydrogen-bond donors (Lipinski definition) is 0. The Kier molecular flexibility index (Phi) is 5.19. The second-order valence-electron chi connectivity index (χ2n) is 10.6. The molecular weight excluding hydrogens is 376 g/mol. The van der Waals surface area contributed by atoms with Crippen molar-refractivity contribution in [2.24, 2.45) is 40.4 Å². The fourth-order valence-corrected chi connectivity index (χ4v) is 6.97. The van der Waals surface area contributed by atoms with Gasteiger partial charge in [0.2, 0.25) is 0 Å². The van der Waals surface area contributed by atoms with Gasteiger partial charge in [-0.15, -0.1) is 0 Å². The van der Waals surface area contributed by atoms with Crippen molar-refractivity contribution in [1.29, 1.82) is 0 Å². The molecule has 30 heavy (non-hydrogen) atoms. The molecule has 0 aromatic rings. The zero-order valence-corrected chi connectivity index (χ0v) is 18.9. The van der Waals surface area contributed by atoms with Gasteiger partial charge in [-0.3, -0.25) is 14.4 Å². The third-order valence-electron chi connectivity index (χ3n) is 8.46. The van der Waals surface area contributed by atoms with Gasteiger partial charge in [-0.2, -0.15) is 0 Å². The van der Waals surface area contributed by atoms with E-state index in [2.05, 4.69) is 32.9 Å². The highest BCUT2D eigenvalue weighted by Gasteiger charge is 2.59. The maximum absolute atomic E-state index is 13.2. The molecule has 0 aliphatic heterocycles. The Bertz CT molecular complexity index is 875. The molecule has 4 nitrogen and oxygen atoms in total. The van der Waals surface area contributed by atoms with E-state index in [1.54, 1.807) is 19.9 Å². The van der Waals surface area contributed by atoms with Crippen molar-refractivity contribution in [3.8, 4) is 0 Å². The van der Waals surface area contributed by atoms with Crippen molar-refractivity contribution in [3.05, 3.63) is 35.5 Å². The molecule has 4 aliphatic rings. The third-order valence-corrected chi connectivity index (χ3v) is 8.46. The van der Waals surface area contributed by atoms with Gasteiger partial charge in [0.25, 0.3) is 0 Å². The van der Waals surface area contributed by atoms with Crippen molar-refractivity contribution >= 4 is 17.5 Å². The number of Topliss-reactive ketones (excluding diaryl/α,β-unsaturated/α-hetero) is 1. The Morgan fingerprint density at radius 1 is 1.27 bits per heavy atom. The molecule has 2 fully saturated rings. The lowest BCUT2D eigenvalue weighted by atomic mass is 9.52. The summed E-state index contributed by atoms with van der Waals surface area (Å²) in [5.41, 5.74) is 2.43. The van der Waals surface area contributed by atoms with Crippen LogP contribution in [0.3, 0.4) is 0 Å². The van der Waals surface area contributed by atoms with E-state index in [0.29, 0.717) is 11.8 Å². The second-order valence-corrected chi connectivity index (χ2v) is 10.6. The van der Waals surface area contributed by atoms with Crippen LogP contribution in [0.2, 0.25) is 0 Å². The number of ketones is 2. The molecule has 2 unspecified atom stereocenters. The van der Waals surface area contributed by atoms with Crippen LogP contribution in [0.25, 0.3) is 0 Å². The van der Waals surface area contributed by atoms with E-state index in [9.17, 15) is 14.4 Å². The largest absolute Gasteiger partial charge is 0.457 e. The summed E-state index contributed by atoms with van der Waals surface area (Å²) < 4.78 is 5.30. The summed E-state index contributed by atoms with van der Waals surface area (Å²) in [7, 11) is 0. The summed E-state index contributed by atoms with van der Waals surface area (Å²) in [6.07, 6.45) is 11.9. The molecule has 4 heteroatoms. The van der Waals surface area contributed by atoms with Crippen LogP contribution < -0.4 is 0 Å². The van der Waals surface area contributed by atoms with Crippen LogP contribution in [0.1, 0.15) is 60.3 Å². The number of ether oxygens (including phenoxy) is 1. The van der Waals surface area contributed by atoms with E-state index in [1.807, 2.05) is 6.08 Å². The zero-order chi connectivity index (χ0) is 21.8. The van der Waals surface area contributed by atoms with Crippen LogP contribution in [0, 0.1) is 40.4 Å². The molecule has 0 saturated heterocycles. The Labute approximate surface area is 179 Å². The van der Waals surface area contributed by atoms with Gasteiger partial charge < -0.3 is 4.74 Å². The number of hydrogen-bond acceptors (Lipinski definition) is 4.